The van der Waals surface area contributed by atoms with Crippen LogP contribution in [0.3, 0.4) is 0 Å². The van der Waals surface area contributed by atoms with Crippen LogP contribution in [0.15, 0.2) is 30.4 Å². The van der Waals surface area contributed by atoms with Gasteiger partial charge < -0.3 is 20.1 Å². The molecule has 0 heterocycles. The van der Waals surface area contributed by atoms with Crippen molar-refractivity contribution >= 4 is 12.0 Å². The summed E-state index contributed by atoms with van der Waals surface area (Å²) in [5.74, 6) is -2.18. The largest absolute Gasteiger partial charge is 0.478 e. The number of rotatable bonds is 11. The van der Waals surface area contributed by atoms with Crippen LogP contribution in [0.4, 0.5) is 0 Å². The van der Waals surface area contributed by atoms with Crippen molar-refractivity contribution in [1.82, 2.24) is 0 Å². The molecule has 0 radical (unpaired) electrons. The fourth-order valence-corrected chi connectivity index (χ4v) is 3.00. The molecule has 5 nitrogen and oxygen atoms in total. The molecule has 1 aromatic carbocycles. The summed E-state index contributed by atoms with van der Waals surface area (Å²) < 4.78 is 5.71. The fraction of sp³-hybridized carbons (Fsp3) is 0.500. The summed E-state index contributed by atoms with van der Waals surface area (Å²) in [5, 5.41) is 28.2. The Hall–Kier alpha value is -1.95. The van der Waals surface area contributed by atoms with Gasteiger partial charge in [-0.3, -0.25) is 0 Å². The molecule has 0 bridgehead atoms. The summed E-state index contributed by atoms with van der Waals surface area (Å²) in [7, 11) is 0. The molecule has 0 amide bonds. The van der Waals surface area contributed by atoms with Crippen molar-refractivity contribution in [1.29, 1.82) is 0 Å². The van der Waals surface area contributed by atoms with Gasteiger partial charge in [0.05, 0.1) is 11.7 Å². The van der Waals surface area contributed by atoms with Gasteiger partial charge in [0.2, 0.25) is 0 Å². The Balaban J connectivity index is 2.86. The molecule has 3 N–H and O–H groups in total. The first-order valence-electron chi connectivity index (χ1n) is 9.31. The van der Waals surface area contributed by atoms with Crippen molar-refractivity contribution in [3.63, 3.8) is 0 Å². The van der Waals surface area contributed by atoms with Crippen LogP contribution in [-0.2, 0) is 4.74 Å². The lowest BCUT2D eigenvalue weighted by Gasteiger charge is -2.25. The molecule has 27 heavy (non-hydrogen) atoms. The monoisotopic (exact) mass is 376 g/mol. The standard InChI is InChI=1S/C22H32O5/c1-16-14-17(2)20(21(24)25)18(15-16)10-9-12-19(27-22(3,4)26)11-7-5-6-8-13-23/h5-6,9-10,14-15,19,23,26H,7-8,11-13H2,1-4H3,(H,24,25)/b6-5-,10-9+/t19-/m1/s1. The SMILES string of the molecule is Cc1cc(C)c(C(=O)O)c(/C=C/C[C@@H](CC/C=C\CCO)OC(C)(C)O)c1. The molecule has 1 atom stereocenters. The Morgan fingerprint density at radius 1 is 1.19 bits per heavy atom. The highest BCUT2D eigenvalue weighted by Gasteiger charge is 2.19. The van der Waals surface area contributed by atoms with Crippen molar-refractivity contribution in [2.24, 2.45) is 0 Å². The smallest absolute Gasteiger partial charge is 0.336 e. The van der Waals surface area contributed by atoms with E-state index in [4.69, 9.17) is 9.84 Å². The van der Waals surface area contributed by atoms with E-state index < -0.39 is 11.8 Å². The van der Waals surface area contributed by atoms with E-state index in [1.165, 1.54) is 0 Å². The number of hydrogen-bond acceptors (Lipinski definition) is 4. The van der Waals surface area contributed by atoms with Gasteiger partial charge in [0.1, 0.15) is 0 Å². The van der Waals surface area contributed by atoms with Crippen LogP contribution < -0.4 is 0 Å². The Morgan fingerprint density at radius 2 is 1.85 bits per heavy atom. The molecule has 1 aromatic rings. The number of benzene rings is 1. The predicted octanol–water partition coefficient (Wildman–Crippen LogP) is 4.24. The number of ether oxygens (including phenoxy) is 1. The normalized spacial score (nSPS) is 13.6. The minimum Gasteiger partial charge on any atom is -0.478 e. The fourth-order valence-electron chi connectivity index (χ4n) is 3.00. The van der Waals surface area contributed by atoms with Gasteiger partial charge in [0.25, 0.3) is 0 Å². The topological polar surface area (TPSA) is 87.0 Å². The average molecular weight is 376 g/mol. The average Bonchev–Trinajstić information content (AvgIpc) is 2.51. The molecule has 150 valence electrons. The molecule has 0 aliphatic heterocycles. The van der Waals surface area contributed by atoms with Gasteiger partial charge in [0, 0.05) is 6.61 Å². The van der Waals surface area contributed by atoms with E-state index in [1.807, 2.05) is 43.4 Å². The second kappa shape index (κ2) is 11.0. The van der Waals surface area contributed by atoms with Crippen LogP contribution in [0.25, 0.3) is 6.08 Å². The number of carbonyl (C=O) groups is 1. The molecule has 0 unspecified atom stereocenters. The molecule has 0 aliphatic rings. The third-order valence-corrected chi connectivity index (χ3v) is 3.99. The van der Waals surface area contributed by atoms with Gasteiger partial charge in [-0.15, -0.1) is 0 Å². The summed E-state index contributed by atoms with van der Waals surface area (Å²) in [6.07, 6.45) is 10.1. The van der Waals surface area contributed by atoms with Crippen molar-refractivity contribution in [3.8, 4) is 0 Å². The van der Waals surface area contributed by atoms with E-state index in [9.17, 15) is 15.0 Å². The quantitative estimate of drug-likeness (QED) is 0.397. The minimum absolute atomic E-state index is 0.130. The lowest BCUT2D eigenvalue weighted by molar-refractivity contribution is -0.205. The van der Waals surface area contributed by atoms with E-state index >= 15 is 0 Å². The van der Waals surface area contributed by atoms with Gasteiger partial charge in [0.15, 0.2) is 5.79 Å². The van der Waals surface area contributed by atoms with Crippen LogP contribution in [0, 0.1) is 13.8 Å². The lowest BCUT2D eigenvalue weighted by atomic mass is 9.98. The number of hydrogen-bond donors (Lipinski definition) is 3. The Kier molecular flexibility index (Phi) is 9.43. The summed E-state index contributed by atoms with van der Waals surface area (Å²) in [6.45, 7) is 7.06. The molecule has 0 saturated carbocycles. The maximum absolute atomic E-state index is 11.5. The van der Waals surface area contributed by atoms with Gasteiger partial charge in [-0.25, -0.2) is 4.79 Å². The second-order valence-corrected chi connectivity index (χ2v) is 7.24. The number of aromatic carboxylic acids is 1. The number of carboxylic acid groups (broad SMARTS) is 1. The molecular weight excluding hydrogens is 344 g/mol. The Morgan fingerprint density at radius 3 is 2.44 bits per heavy atom. The summed E-state index contributed by atoms with van der Waals surface area (Å²) in [4.78, 5) is 11.5. The number of aryl methyl sites for hydroxylation is 2. The summed E-state index contributed by atoms with van der Waals surface area (Å²) in [6, 6.07) is 3.72. The van der Waals surface area contributed by atoms with Gasteiger partial charge in [-0.2, -0.15) is 0 Å². The van der Waals surface area contributed by atoms with E-state index in [0.717, 1.165) is 24.0 Å². The van der Waals surface area contributed by atoms with E-state index in [2.05, 4.69) is 0 Å². The molecule has 0 spiro atoms. The van der Waals surface area contributed by atoms with Crippen LogP contribution in [0.2, 0.25) is 0 Å². The van der Waals surface area contributed by atoms with E-state index in [1.54, 1.807) is 20.8 Å². The first-order chi connectivity index (χ1) is 12.6. The molecule has 0 fully saturated rings. The van der Waals surface area contributed by atoms with Crippen LogP contribution in [-0.4, -0.2) is 39.8 Å². The van der Waals surface area contributed by atoms with Crippen molar-refractivity contribution in [3.05, 3.63) is 52.6 Å². The molecule has 0 aromatic heterocycles. The molecular formula is C22H32O5. The number of carboxylic acids is 1. The summed E-state index contributed by atoms with van der Waals surface area (Å²) in [5.41, 5.74) is 2.73. The van der Waals surface area contributed by atoms with Crippen molar-refractivity contribution < 1.29 is 24.9 Å². The predicted molar refractivity (Wildman–Crippen MR) is 108 cm³/mol. The highest BCUT2D eigenvalue weighted by molar-refractivity contribution is 5.94. The maximum Gasteiger partial charge on any atom is 0.336 e. The zero-order valence-corrected chi connectivity index (χ0v) is 16.7. The van der Waals surface area contributed by atoms with E-state index in [-0.39, 0.29) is 12.7 Å². The summed E-state index contributed by atoms with van der Waals surface area (Å²) >= 11 is 0. The third-order valence-electron chi connectivity index (χ3n) is 3.99. The van der Waals surface area contributed by atoms with Crippen LogP contribution in [0.1, 0.15) is 66.6 Å². The first kappa shape index (κ1) is 23.1. The zero-order valence-electron chi connectivity index (χ0n) is 16.7. The van der Waals surface area contributed by atoms with Gasteiger partial charge >= 0.3 is 5.97 Å². The van der Waals surface area contributed by atoms with Crippen LogP contribution in [0.5, 0.6) is 0 Å². The highest BCUT2D eigenvalue weighted by atomic mass is 16.6. The highest BCUT2D eigenvalue weighted by Crippen LogP contribution is 2.21. The molecule has 0 aliphatic carbocycles. The van der Waals surface area contributed by atoms with Gasteiger partial charge in [-0.1, -0.05) is 42.0 Å². The number of aliphatic hydroxyl groups is 2. The maximum atomic E-state index is 11.5. The van der Waals surface area contributed by atoms with Crippen molar-refractivity contribution in [2.45, 2.75) is 65.3 Å². The third kappa shape index (κ3) is 9.00. The number of aliphatic hydroxyl groups excluding tert-OH is 1. The van der Waals surface area contributed by atoms with Crippen LogP contribution >= 0.6 is 0 Å². The minimum atomic E-state index is -1.24. The molecule has 0 saturated heterocycles. The first-order valence-corrected chi connectivity index (χ1v) is 9.31. The van der Waals surface area contributed by atoms with Gasteiger partial charge in [-0.05, 0) is 64.5 Å². The molecule has 1 rings (SSSR count). The van der Waals surface area contributed by atoms with E-state index in [0.29, 0.717) is 24.0 Å². The Labute approximate surface area is 162 Å². The van der Waals surface area contributed by atoms with Crippen molar-refractivity contribution in [2.75, 3.05) is 6.61 Å². The Bertz CT molecular complexity index is 668. The lowest BCUT2D eigenvalue weighted by Crippen LogP contribution is -2.29. The number of allylic oxidation sites excluding steroid dienone is 1. The second-order valence-electron chi connectivity index (χ2n) is 7.24. The molecule has 5 heteroatoms. The zero-order chi connectivity index (χ0) is 20.4.